The molecule has 190 valence electrons. The van der Waals surface area contributed by atoms with Crippen LogP contribution in [0.15, 0.2) is 34.9 Å². The van der Waals surface area contributed by atoms with Crippen LogP contribution in [0.1, 0.15) is 30.6 Å². The standard InChI is InChI=1S/C23H29N3O8S/c1-10-17(16(11(2)27)23(33)34-3)26-18(22(31)32)19(10)35-14-8-15(24-9-14)20(28)25-13-6-4-5-12(7-13)21(29)30/h4-7,10-11,14-17,24,26-27H,8-9H2,1-3H3,(H,25,28)(H,29,30)(H,31,32)/t10-,11+,14-,15-,16+,17?/m0/s1. The second kappa shape index (κ2) is 11.1. The van der Waals surface area contributed by atoms with Gasteiger partial charge >= 0.3 is 17.9 Å². The van der Waals surface area contributed by atoms with Crippen molar-refractivity contribution in [1.82, 2.24) is 10.6 Å². The first-order valence-corrected chi connectivity index (χ1v) is 12.0. The van der Waals surface area contributed by atoms with E-state index in [0.29, 0.717) is 23.6 Å². The third kappa shape index (κ3) is 5.95. The zero-order valence-electron chi connectivity index (χ0n) is 19.5. The van der Waals surface area contributed by atoms with Crippen LogP contribution in [0.25, 0.3) is 0 Å². The second-order valence-corrected chi connectivity index (χ2v) is 9.95. The highest BCUT2D eigenvalue weighted by Crippen LogP contribution is 2.42. The zero-order valence-corrected chi connectivity index (χ0v) is 20.3. The molecule has 6 N–H and O–H groups in total. The second-order valence-electron chi connectivity index (χ2n) is 8.60. The van der Waals surface area contributed by atoms with Crippen LogP contribution in [0.2, 0.25) is 0 Å². The first kappa shape index (κ1) is 26.5. The number of ether oxygens (including phenoxy) is 1. The molecule has 1 amide bonds. The van der Waals surface area contributed by atoms with E-state index >= 15 is 0 Å². The van der Waals surface area contributed by atoms with Crippen LogP contribution < -0.4 is 16.0 Å². The van der Waals surface area contributed by atoms with Crippen molar-refractivity contribution < 1.29 is 39.2 Å². The summed E-state index contributed by atoms with van der Waals surface area (Å²) in [5, 5.41) is 37.6. The average Bonchev–Trinajstić information content (AvgIpc) is 3.40. The predicted molar refractivity (Wildman–Crippen MR) is 128 cm³/mol. The van der Waals surface area contributed by atoms with Gasteiger partial charge in [-0.05, 0) is 31.5 Å². The Kier molecular flexibility index (Phi) is 8.41. The lowest BCUT2D eigenvalue weighted by Crippen LogP contribution is -2.46. The number of nitrogens with one attached hydrogen (secondary N) is 3. The van der Waals surface area contributed by atoms with Crippen LogP contribution in [-0.2, 0) is 19.1 Å². The van der Waals surface area contributed by atoms with Crippen molar-refractivity contribution in [3.8, 4) is 0 Å². The number of hydrogen-bond acceptors (Lipinski definition) is 9. The van der Waals surface area contributed by atoms with Gasteiger partial charge in [0.2, 0.25) is 5.91 Å². The summed E-state index contributed by atoms with van der Waals surface area (Å²) in [4.78, 5) is 48.6. The number of amides is 1. The highest BCUT2D eigenvalue weighted by molar-refractivity contribution is 8.03. The van der Waals surface area contributed by atoms with E-state index in [1.807, 2.05) is 0 Å². The molecule has 0 aliphatic carbocycles. The Labute approximate surface area is 206 Å². The zero-order chi connectivity index (χ0) is 25.9. The van der Waals surface area contributed by atoms with E-state index in [0.717, 1.165) is 0 Å². The van der Waals surface area contributed by atoms with E-state index in [1.54, 1.807) is 19.1 Å². The van der Waals surface area contributed by atoms with Crippen LogP contribution in [0.5, 0.6) is 0 Å². The molecule has 35 heavy (non-hydrogen) atoms. The number of aliphatic hydroxyl groups is 1. The van der Waals surface area contributed by atoms with Crippen molar-refractivity contribution in [1.29, 1.82) is 0 Å². The van der Waals surface area contributed by atoms with Gasteiger partial charge in [-0.15, -0.1) is 11.8 Å². The third-order valence-corrected chi connectivity index (χ3v) is 7.70. The van der Waals surface area contributed by atoms with Crippen molar-refractivity contribution >= 4 is 41.3 Å². The molecular weight excluding hydrogens is 478 g/mol. The van der Waals surface area contributed by atoms with Crippen molar-refractivity contribution in [3.05, 3.63) is 40.4 Å². The van der Waals surface area contributed by atoms with E-state index in [2.05, 4.69) is 16.0 Å². The number of thioether (sulfide) groups is 1. The molecule has 1 aromatic carbocycles. The molecule has 0 aromatic heterocycles. The Morgan fingerprint density at radius 3 is 2.51 bits per heavy atom. The maximum absolute atomic E-state index is 12.7. The molecule has 6 atom stereocenters. The smallest absolute Gasteiger partial charge is 0.352 e. The topological polar surface area (TPSA) is 174 Å². The molecule has 12 heteroatoms. The normalized spacial score (nSPS) is 25.5. The Morgan fingerprint density at radius 1 is 1.20 bits per heavy atom. The van der Waals surface area contributed by atoms with Gasteiger partial charge in [0.25, 0.3) is 0 Å². The van der Waals surface area contributed by atoms with Gasteiger partial charge in [0, 0.05) is 34.3 Å². The molecule has 2 aliphatic heterocycles. The van der Waals surface area contributed by atoms with Gasteiger partial charge < -0.3 is 36.0 Å². The lowest BCUT2D eigenvalue weighted by molar-refractivity contribution is -0.151. The van der Waals surface area contributed by atoms with E-state index in [-0.39, 0.29) is 22.4 Å². The highest BCUT2D eigenvalue weighted by Gasteiger charge is 2.45. The van der Waals surface area contributed by atoms with Crippen molar-refractivity contribution in [2.45, 2.75) is 43.7 Å². The van der Waals surface area contributed by atoms with E-state index in [4.69, 9.17) is 9.84 Å². The number of carboxylic acid groups (broad SMARTS) is 2. The fourth-order valence-electron chi connectivity index (χ4n) is 4.40. The molecular formula is C23H29N3O8S. The SMILES string of the molecule is COC(=O)[C@@H](C1NC(C(=O)O)=C(S[C@@H]2CN[C@H](C(=O)Nc3cccc(C(=O)O)c3)C2)[C@H]1C)[C@@H](C)O. The molecule has 3 rings (SSSR count). The Hall–Kier alpha value is -3.09. The van der Waals surface area contributed by atoms with Gasteiger partial charge in [0.05, 0.1) is 24.8 Å². The first-order valence-electron chi connectivity index (χ1n) is 11.1. The largest absolute Gasteiger partial charge is 0.478 e. The molecule has 2 heterocycles. The average molecular weight is 508 g/mol. The first-order chi connectivity index (χ1) is 16.5. The number of carbonyl (C=O) groups excluding carboxylic acids is 2. The Morgan fingerprint density at radius 2 is 1.91 bits per heavy atom. The molecule has 1 saturated heterocycles. The summed E-state index contributed by atoms with van der Waals surface area (Å²) in [5.74, 6) is -4.57. The van der Waals surface area contributed by atoms with Crippen LogP contribution in [0, 0.1) is 11.8 Å². The van der Waals surface area contributed by atoms with Gasteiger partial charge in [-0.3, -0.25) is 9.59 Å². The minimum Gasteiger partial charge on any atom is -0.478 e. The number of esters is 1. The van der Waals surface area contributed by atoms with E-state index in [1.165, 1.54) is 37.9 Å². The number of carbonyl (C=O) groups is 4. The van der Waals surface area contributed by atoms with Gasteiger partial charge in [-0.1, -0.05) is 13.0 Å². The minimum atomic E-state index is -1.17. The number of benzene rings is 1. The van der Waals surface area contributed by atoms with Crippen LogP contribution in [0.3, 0.4) is 0 Å². The monoisotopic (exact) mass is 507 g/mol. The van der Waals surface area contributed by atoms with E-state index in [9.17, 15) is 29.4 Å². The molecule has 1 aromatic rings. The Balaban J connectivity index is 1.68. The number of aromatic carboxylic acids is 1. The number of rotatable bonds is 9. The summed E-state index contributed by atoms with van der Waals surface area (Å²) in [6.45, 7) is 3.69. The van der Waals surface area contributed by atoms with Crippen LogP contribution >= 0.6 is 11.8 Å². The summed E-state index contributed by atoms with van der Waals surface area (Å²) < 4.78 is 4.81. The number of aliphatic hydroxyl groups excluding tert-OH is 1. The number of hydrogen-bond donors (Lipinski definition) is 6. The van der Waals surface area contributed by atoms with Crippen LogP contribution in [0.4, 0.5) is 5.69 Å². The van der Waals surface area contributed by atoms with Crippen molar-refractivity contribution in [3.63, 3.8) is 0 Å². The van der Waals surface area contributed by atoms with Gasteiger partial charge in [0.15, 0.2) is 0 Å². The summed E-state index contributed by atoms with van der Waals surface area (Å²) >= 11 is 1.33. The molecule has 0 saturated carbocycles. The van der Waals surface area contributed by atoms with Crippen molar-refractivity contribution in [2.24, 2.45) is 11.8 Å². The van der Waals surface area contributed by atoms with Gasteiger partial charge in [-0.2, -0.15) is 0 Å². The lowest BCUT2D eigenvalue weighted by Gasteiger charge is -2.28. The molecule has 0 radical (unpaired) electrons. The van der Waals surface area contributed by atoms with Gasteiger partial charge in [-0.25, -0.2) is 9.59 Å². The third-order valence-electron chi connectivity index (χ3n) is 6.18. The van der Waals surface area contributed by atoms with Crippen molar-refractivity contribution in [2.75, 3.05) is 19.0 Å². The summed E-state index contributed by atoms with van der Waals surface area (Å²) in [7, 11) is 1.21. The number of aliphatic carboxylic acids is 1. The summed E-state index contributed by atoms with van der Waals surface area (Å²) in [6, 6.07) is 4.73. The van der Waals surface area contributed by atoms with Crippen LogP contribution in [-0.4, -0.2) is 76.2 Å². The molecule has 1 unspecified atom stereocenters. The Bertz CT molecular complexity index is 1040. The lowest BCUT2D eigenvalue weighted by atomic mass is 9.87. The quantitative estimate of drug-likeness (QED) is 0.262. The number of anilines is 1. The molecule has 0 bridgehead atoms. The number of carboxylic acids is 2. The highest BCUT2D eigenvalue weighted by atomic mass is 32.2. The molecule has 11 nitrogen and oxygen atoms in total. The maximum atomic E-state index is 12.7. The predicted octanol–water partition coefficient (Wildman–Crippen LogP) is 0.861. The fraction of sp³-hybridized carbons (Fsp3) is 0.478. The maximum Gasteiger partial charge on any atom is 0.352 e. The van der Waals surface area contributed by atoms with Gasteiger partial charge in [0.1, 0.15) is 11.6 Å². The minimum absolute atomic E-state index is 0.0274. The number of methoxy groups -OCH3 is 1. The summed E-state index contributed by atoms with van der Waals surface area (Å²) in [5.41, 5.74) is 0.399. The fourth-order valence-corrected chi connectivity index (χ4v) is 5.85. The molecule has 0 spiro atoms. The van der Waals surface area contributed by atoms with E-state index < -0.39 is 47.9 Å². The molecule has 1 fully saturated rings. The summed E-state index contributed by atoms with van der Waals surface area (Å²) in [6.07, 6.45) is -0.637. The molecule has 2 aliphatic rings.